The van der Waals surface area contributed by atoms with Crippen molar-refractivity contribution in [3.05, 3.63) is 65.2 Å². The highest BCUT2D eigenvalue weighted by molar-refractivity contribution is 5.30. The summed E-state index contributed by atoms with van der Waals surface area (Å²) in [7, 11) is 0. The number of benzene rings is 2. The minimum absolute atomic E-state index is 0.725. The van der Waals surface area contributed by atoms with Gasteiger partial charge < -0.3 is 4.74 Å². The molecule has 0 aliphatic carbocycles. The van der Waals surface area contributed by atoms with Gasteiger partial charge in [-0.25, -0.2) is 0 Å². The molecule has 0 atom stereocenters. The van der Waals surface area contributed by atoms with Crippen LogP contribution in [-0.4, -0.2) is 6.61 Å². The fourth-order valence-corrected chi connectivity index (χ4v) is 2.09. The number of ether oxygens (including phenoxy) is 1. The van der Waals surface area contributed by atoms with Crippen molar-refractivity contribution in [1.82, 2.24) is 0 Å². The molecule has 2 aromatic carbocycles. The smallest absolute Gasteiger partial charge is 0.119 e. The Balaban J connectivity index is 1.96. The van der Waals surface area contributed by atoms with E-state index in [-0.39, 0.29) is 0 Å². The van der Waals surface area contributed by atoms with Crippen LogP contribution in [0.25, 0.3) is 0 Å². The lowest BCUT2D eigenvalue weighted by molar-refractivity contribution is 0.340. The van der Waals surface area contributed by atoms with Gasteiger partial charge in [-0.3, -0.25) is 0 Å². The van der Waals surface area contributed by atoms with Crippen LogP contribution in [0.5, 0.6) is 5.75 Å². The Bertz CT molecular complexity index is 485. The number of rotatable bonds is 5. The van der Waals surface area contributed by atoms with Gasteiger partial charge in [0.15, 0.2) is 0 Å². The monoisotopic (exact) mass is 240 g/mol. The van der Waals surface area contributed by atoms with Crippen molar-refractivity contribution in [2.45, 2.75) is 26.7 Å². The molecular weight excluding hydrogens is 220 g/mol. The van der Waals surface area contributed by atoms with Crippen molar-refractivity contribution in [2.24, 2.45) is 0 Å². The third kappa shape index (κ3) is 3.36. The zero-order valence-electron chi connectivity index (χ0n) is 11.1. The zero-order valence-corrected chi connectivity index (χ0v) is 11.1. The highest BCUT2D eigenvalue weighted by Crippen LogP contribution is 2.15. The first-order valence-electron chi connectivity index (χ1n) is 6.56. The quantitative estimate of drug-likeness (QED) is 0.762. The average molecular weight is 240 g/mol. The molecule has 2 rings (SSSR count). The summed E-state index contributed by atoms with van der Waals surface area (Å²) >= 11 is 0. The van der Waals surface area contributed by atoms with Gasteiger partial charge in [0.25, 0.3) is 0 Å². The summed E-state index contributed by atoms with van der Waals surface area (Å²) in [6.07, 6.45) is 2.18. The summed E-state index contributed by atoms with van der Waals surface area (Å²) in [4.78, 5) is 0. The van der Waals surface area contributed by atoms with Gasteiger partial charge in [0.2, 0.25) is 0 Å². The molecule has 0 saturated carbocycles. The Labute approximate surface area is 109 Å². The van der Waals surface area contributed by atoms with Crippen molar-refractivity contribution >= 4 is 0 Å². The van der Waals surface area contributed by atoms with Crippen LogP contribution in [0.4, 0.5) is 0 Å². The minimum Gasteiger partial charge on any atom is -0.494 e. The fraction of sp³-hybridized carbons (Fsp3) is 0.294. The normalized spacial score (nSPS) is 10.3. The molecule has 0 amide bonds. The van der Waals surface area contributed by atoms with Crippen molar-refractivity contribution in [1.29, 1.82) is 0 Å². The Hall–Kier alpha value is -1.76. The second-order valence-corrected chi connectivity index (χ2v) is 4.50. The van der Waals surface area contributed by atoms with E-state index >= 15 is 0 Å². The first-order chi connectivity index (χ1) is 8.79. The Morgan fingerprint density at radius 3 is 2.28 bits per heavy atom. The van der Waals surface area contributed by atoms with Gasteiger partial charge in [0.05, 0.1) is 6.61 Å². The van der Waals surface area contributed by atoms with E-state index in [1.807, 2.05) is 6.92 Å². The molecule has 0 spiro atoms. The third-order valence-corrected chi connectivity index (χ3v) is 3.18. The molecule has 0 saturated heterocycles. The van der Waals surface area contributed by atoms with Crippen LogP contribution >= 0.6 is 0 Å². The molecule has 18 heavy (non-hydrogen) atoms. The molecule has 0 aliphatic rings. The lowest BCUT2D eigenvalue weighted by Gasteiger charge is -2.07. The second kappa shape index (κ2) is 6.25. The molecular formula is C17H20O. The van der Waals surface area contributed by atoms with Crippen LogP contribution < -0.4 is 4.74 Å². The predicted molar refractivity (Wildman–Crippen MR) is 76.2 cm³/mol. The molecule has 0 heterocycles. The van der Waals surface area contributed by atoms with Gasteiger partial charge in [-0.15, -0.1) is 0 Å². The summed E-state index contributed by atoms with van der Waals surface area (Å²) in [5.41, 5.74) is 4.18. The maximum Gasteiger partial charge on any atom is 0.119 e. The number of hydrogen-bond acceptors (Lipinski definition) is 1. The van der Waals surface area contributed by atoms with Gasteiger partial charge in [0.1, 0.15) is 5.75 Å². The van der Waals surface area contributed by atoms with E-state index in [1.165, 1.54) is 16.7 Å². The van der Waals surface area contributed by atoms with Gasteiger partial charge in [-0.05, 0) is 55.5 Å². The molecule has 0 aliphatic heterocycles. The van der Waals surface area contributed by atoms with E-state index in [0.29, 0.717) is 0 Å². The van der Waals surface area contributed by atoms with E-state index in [4.69, 9.17) is 4.74 Å². The first kappa shape index (κ1) is 12.7. The molecule has 0 bridgehead atoms. The molecule has 0 N–H and O–H groups in total. The fourth-order valence-electron chi connectivity index (χ4n) is 2.09. The van der Waals surface area contributed by atoms with Crippen LogP contribution in [0.15, 0.2) is 48.5 Å². The Morgan fingerprint density at radius 2 is 1.61 bits per heavy atom. The van der Waals surface area contributed by atoms with Crippen LogP contribution in [0.2, 0.25) is 0 Å². The lowest BCUT2D eigenvalue weighted by atomic mass is 10.0. The predicted octanol–water partition coefficient (Wildman–Crippen LogP) is 4.18. The number of hydrogen-bond donors (Lipinski definition) is 0. The van der Waals surface area contributed by atoms with Gasteiger partial charge in [0, 0.05) is 0 Å². The van der Waals surface area contributed by atoms with Crippen LogP contribution in [0.3, 0.4) is 0 Å². The van der Waals surface area contributed by atoms with Gasteiger partial charge in [-0.1, -0.05) is 36.4 Å². The first-order valence-corrected chi connectivity index (χ1v) is 6.56. The van der Waals surface area contributed by atoms with E-state index in [1.54, 1.807) is 0 Å². The topological polar surface area (TPSA) is 9.23 Å². The van der Waals surface area contributed by atoms with Crippen LogP contribution in [0.1, 0.15) is 23.6 Å². The Kier molecular flexibility index (Phi) is 4.40. The maximum atomic E-state index is 5.44. The van der Waals surface area contributed by atoms with Crippen molar-refractivity contribution in [2.75, 3.05) is 6.61 Å². The van der Waals surface area contributed by atoms with E-state index in [9.17, 15) is 0 Å². The van der Waals surface area contributed by atoms with E-state index in [0.717, 1.165) is 25.2 Å². The minimum atomic E-state index is 0.725. The molecule has 0 unspecified atom stereocenters. The van der Waals surface area contributed by atoms with Crippen molar-refractivity contribution in [3.8, 4) is 5.75 Å². The lowest BCUT2D eigenvalue weighted by Crippen LogP contribution is -1.95. The SMILES string of the molecule is CCOc1ccc(CCc2ccccc2C)cc1. The van der Waals surface area contributed by atoms with Crippen LogP contribution in [0, 0.1) is 6.92 Å². The van der Waals surface area contributed by atoms with Crippen molar-refractivity contribution in [3.63, 3.8) is 0 Å². The molecule has 0 aromatic heterocycles. The summed E-state index contributed by atoms with van der Waals surface area (Å²) in [5, 5.41) is 0. The van der Waals surface area contributed by atoms with Gasteiger partial charge in [-0.2, -0.15) is 0 Å². The molecule has 0 fully saturated rings. The molecule has 94 valence electrons. The van der Waals surface area contributed by atoms with E-state index in [2.05, 4.69) is 55.5 Å². The highest BCUT2D eigenvalue weighted by Gasteiger charge is 1.99. The van der Waals surface area contributed by atoms with Crippen molar-refractivity contribution < 1.29 is 4.74 Å². The Morgan fingerprint density at radius 1 is 0.889 bits per heavy atom. The van der Waals surface area contributed by atoms with E-state index < -0.39 is 0 Å². The summed E-state index contributed by atoms with van der Waals surface area (Å²) in [6.45, 7) is 4.90. The number of aryl methyl sites for hydroxylation is 3. The molecule has 2 aromatic rings. The summed E-state index contributed by atoms with van der Waals surface area (Å²) in [6, 6.07) is 17.0. The summed E-state index contributed by atoms with van der Waals surface area (Å²) < 4.78 is 5.44. The third-order valence-electron chi connectivity index (χ3n) is 3.18. The van der Waals surface area contributed by atoms with Gasteiger partial charge >= 0.3 is 0 Å². The maximum absolute atomic E-state index is 5.44. The molecule has 1 nitrogen and oxygen atoms in total. The van der Waals surface area contributed by atoms with Crippen LogP contribution in [-0.2, 0) is 12.8 Å². The largest absolute Gasteiger partial charge is 0.494 e. The highest BCUT2D eigenvalue weighted by atomic mass is 16.5. The molecule has 1 heteroatoms. The molecule has 0 radical (unpaired) electrons. The second-order valence-electron chi connectivity index (χ2n) is 4.50. The average Bonchev–Trinajstić information content (AvgIpc) is 2.40. The summed E-state index contributed by atoms with van der Waals surface area (Å²) in [5.74, 6) is 0.956. The standard InChI is InChI=1S/C17H20O/c1-3-18-17-12-9-15(10-13-17)8-11-16-7-5-4-6-14(16)2/h4-7,9-10,12-13H,3,8,11H2,1-2H3. The zero-order chi connectivity index (χ0) is 12.8.